The number of methoxy groups -OCH3 is 2. The molecule has 1 saturated heterocycles. The van der Waals surface area contributed by atoms with Crippen LogP contribution in [0.1, 0.15) is 67.2 Å². The lowest BCUT2D eigenvalue weighted by Crippen LogP contribution is -2.55. The summed E-state index contributed by atoms with van der Waals surface area (Å²) in [7, 11) is 3.20. The average Bonchev–Trinajstić information content (AvgIpc) is 3.26. The molecule has 0 unspecified atom stereocenters. The third-order valence-corrected chi connectivity index (χ3v) is 10.5. The van der Waals surface area contributed by atoms with Crippen LogP contribution in [-0.2, 0) is 4.79 Å². The zero-order valence-electron chi connectivity index (χ0n) is 22.5. The predicted octanol–water partition coefficient (Wildman–Crippen LogP) is 6.02. The Labute approximate surface area is 229 Å². The summed E-state index contributed by atoms with van der Waals surface area (Å²) in [5.74, 6) is 2.50. The van der Waals surface area contributed by atoms with Crippen LogP contribution in [0.5, 0.6) is 11.5 Å². The van der Waals surface area contributed by atoms with Gasteiger partial charge in [0.1, 0.15) is 11.5 Å². The standard InChI is InChI=1S/C33H33N3O3/c1-38-24-7-8-27(39-2)26(14-24)28-29(31(37)32-15-20-11-21(16-32)13-22(12-20)17-32)36-10-9-23-5-3-4-6-25(23)30(36)33(28,18-34)19-35/h3-10,14,20-22,28-30H,11-13,15-17H2,1-2H3/t20?,21?,22?,28-,29+,30-,32?/m0/s1. The van der Waals surface area contributed by atoms with Crippen molar-refractivity contribution in [1.82, 2.24) is 4.90 Å². The molecule has 4 bridgehead atoms. The highest BCUT2D eigenvalue weighted by Gasteiger charge is 2.67. The maximum atomic E-state index is 15.2. The van der Waals surface area contributed by atoms with Gasteiger partial charge in [-0.25, -0.2) is 0 Å². The maximum absolute atomic E-state index is 15.2. The van der Waals surface area contributed by atoms with Gasteiger partial charge in [0, 0.05) is 23.1 Å². The Hall–Kier alpha value is -3.77. The molecule has 2 aromatic carbocycles. The van der Waals surface area contributed by atoms with Crippen molar-refractivity contribution < 1.29 is 14.3 Å². The SMILES string of the molecule is COc1ccc(OC)c([C@H]2[C@H](C(=O)C34CC5CC(CC(C5)C3)C4)N3C=Cc4ccccc4[C@H]3C2(C#N)C#N)c1. The van der Waals surface area contributed by atoms with Crippen molar-refractivity contribution in [3.8, 4) is 23.6 Å². The van der Waals surface area contributed by atoms with E-state index in [0.717, 1.165) is 30.4 Å². The van der Waals surface area contributed by atoms with Crippen molar-refractivity contribution in [3.63, 3.8) is 0 Å². The van der Waals surface area contributed by atoms with E-state index in [0.29, 0.717) is 34.8 Å². The largest absolute Gasteiger partial charge is 0.497 e. The second kappa shape index (κ2) is 8.62. The first-order valence-corrected chi connectivity index (χ1v) is 14.1. The number of carbonyl (C=O) groups is 1. The highest BCUT2D eigenvalue weighted by atomic mass is 16.5. The van der Waals surface area contributed by atoms with Crippen molar-refractivity contribution >= 4 is 11.9 Å². The highest BCUT2D eigenvalue weighted by Crippen LogP contribution is 2.66. The molecule has 3 atom stereocenters. The van der Waals surface area contributed by atoms with E-state index in [-0.39, 0.29) is 11.2 Å². The number of ether oxygens (including phenoxy) is 2. The topological polar surface area (TPSA) is 86.3 Å². The van der Waals surface area contributed by atoms with Gasteiger partial charge in [0.2, 0.25) is 0 Å². The van der Waals surface area contributed by atoms with Crippen LogP contribution < -0.4 is 9.47 Å². The van der Waals surface area contributed by atoms with Crippen molar-refractivity contribution in [2.24, 2.45) is 28.6 Å². The summed E-state index contributed by atoms with van der Waals surface area (Å²) in [5.41, 5.74) is 0.676. The number of rotatable bonds is 5. The number of ketones is 1. The molecular formula is C33H33N3O3. The van der Waals surface area contributed by atoms with Crippen LogP contribution in [0.3, 0.4) is 0 Å². The van der Waals surface area contributed by atoms with Gasteiger partial charge >= 0.3 is 0 Å². The lowest BCUT2D eigenvalue weighted by molar-refractivity contribution is -0.148. The predicted molar refractivity (Wildman–Crippen MR) is 145 cm³/mol. The quantitative estimate of drug-likeness (QED) is 0.480. The Morgan fingerprint density at radius 3 is 2.21 bits per heavy atom. The Balaban J connectivity index is 1.46. The Bertz CT molecular complexity index is 1410. The van der Waals surface area contributed by atoms with Crippen LogP contribution in [0.2, 0.25) is 0 Å². The van der Waals surface area contributed by atoms with E-state index in [4.69, 9.17) is 9.47 Å². The minimum Gasteiger partial charge on any atom is -0.497 e. The minimum atomic E-state index is -1.51. The van der Waals surface area contributed by atoms with Crippen LogP contribution in [0, 0.1) is 51.2 Å². The van der Waals surface area contributed by atoms with Crippen molar-refractivity contribution in [3.05, 3.63) is 65.4 Å². The normalized spacial score (nSPS) is 34.5. The summed E-state index contributed by atoms with van der Waals surface area (Å²) < 4.78 is 11.4. The third-order valence-electron chi connectivity index (χ3n) is 10.5. The molecule has 2 heterocycles. The molecule has 6 aliphatic rings. The van der Waals surface area contributed by atoms with E-state index in [1.165, 1.54) is 19.3 Å². The molecule has 8 rings (SSSR count). The zero-order chi connectivity index (χ0) is 26.9. The van der Waals surface area contributed by atoms with E-state index >= 15 is 4.79 Å². The summed E-state index contributed by atoms with van der Waals surface area (Å²) in [6, 6.07) is 17.2. The van der Waals surface area contributed by atoms with E-state index in [9.17, 15) is 10.5 Å². The van der Waals surface area contributed by atoms with Gasteiger partial charge in [-0.3, -0.25) is 4.79 Å². The molecule has 0 radical (unpaired) electrons. The van der Waals surface area contributed by atoms with E-state index < -0.39 is 23.4 Å². The van der Waals surface area contributed by atoms with Crippen LogP contribution in [0.15, 0.2) is 48.7 Å². The number of benzene rings is 2. The Morgan fingerprint density at radius 1 is 0.923 bits per heavy atom. The molecule has 4 saturated carbocycles. The Morgan fingerprint density at radius 2 is 1.59 bits per heavy atom. The molecule has 6 heteroatoms. The van der Waals surface area contributed by atoms with Crippen LogP contribution in [-0.4, -0.2) is 30.9 Å². The fourth-order valence-electron chi connectivity index (χ4n) is 9.45. The number of fused-ring (bicyclic) bond motifs is 3. The number of hydrogen-bond donors (Lipinski definition) is 0. The van der Waals surface area contributed by atoms with E-state index in [1.807, 2.05) is 54.7 Å². The second-order valence-corrected chi connectivity index (χ2v) is 12.5. The van der Waals surface area contributed by atoms with Crippen molar-refractivity contribution in [2.45, 2.75) is 56.5 Å². The smallest absolute Gasteiger partial charge is 0.177 e. The van der Waals surface area contributed by atoms with Gasteiger partial charge in [-0.1, -0.05) is 24.3 Å². The molecule has 0 N–H and O–H groups in total. The Kier molecular flexibility index (Phi) is 5.37. The first-order valence-electron chi connectivity index (χ1n) is 14.1. The van der Waals surface area contributed by atoms with E-state index in [2.05, 4.69) is 17.0 Å². The molecule has 0 spiro atoms. The molecule has 6 nitrogen and oxygen atoms in total. The minimum absolute atomic E-state index is 0.206. The van der Waals surface area contributed by atoms with Gasteiger partial charge in [-0.05, 0) is 91.7 Å². The molecule has 0 aromatic heterocycles. The van der Waals surface area contributed by atoms with Gasteiger partial charge in [0.25, 0.3) is 0 Å². The molecular weight excluding hydrogens is 486 g/mol. The van der Waals surface area contributed by atoms with Crippen molar-refractivity contribution in [2.75, 3.05) is 14.2 Å². The van der Waals surface area contributed by atoms with Crippen molar-refractivity contribution in [1.29, 1.82) is 10.5 Å². The first-order chi connectivity index (χ1) is 19.0. The molecule has 39 heavy (non-hydrogen) atoms. The zero-order valence-corrected chi connectivity index (χ0v) is 22.5. The molecule has 2 aliphatic heterocycles. The monoisotopic (exact) mass is 519 g/mol. The van der Waals surface area contributed by atoms with Gasteiger partial charge in [-0.2, -0.15) is 10.5 Å². The third kappa shape index (κ3) is 3.27. The van der Waals surface area contributed by atoms with Gasteiger partial charge in [0.15, 0.2) is 11.2 Å². The van der Waals surface area contributed by atoms with Crippen LogP contribution in [0.4, 0.5) is 0 Å². The summed E-state index contributed by atoms with van der Waals surface area (Å²) in [5, 5.41) is 21.9. The molecule has 4 aliphatic carbocycles. The average molecular weight is 520 g/mol. The van der Waals surface area contributed by atoms with Crippen LogP contribution in [0.25, 0.3) is 6.08 Å². The fourth-order valence-corrected chi connectivity index (χ4v) is 9.45. The highest BCUT2D eigenvalue weighted by molar-refractivity contribution is 5.93. The molecule has 198 valence electrons. The number of nitrogens with zero attached hydrogens (tertiary/aromatic N) is 3. The van der Waals surface area contributed by atoms with E-state index in [1.54, 1.807) is 14.2 Å². The lowest BCUT2D eigenvalue weighted by atomic mass is 9.47. The summed E-state index contributed by atoms with van der Waals surface area (Å²) in [4.78, 5) is 17.2. The fraction of sp³-hybridized carbons (Fsp3) is 0.485. The second-order valence-electron chi connectivity index (χ2n) is 12.5. The summed E-state index contributed by atoms with van der Waals surface area (Å²) in [6.45, 7) is 0. The van der Waals surface area contributed by atoms with Gasteiger partial charge < -0.3 is 14.4 Å². The summed E-state index contributed by atoms with van der Waals surface area (Å²) >= 11 is 0. The molecule has 5 fully saturated rings. The van der Waals surface area contributed by atoms with Gasteiger partial charge in [0.05, 0.1) is 38.4 Å². The number of nitriles is 2. The first kappa shape index (κ1) is 24.3. The maximum Gasteiger partial charge on any atom is 0.177 e. The summed E-state index contributed by atoms with van der Waals surface area (Å²) in [6.07, 6.45) is 10.5. The van der Waals surface area contributed by atoms with Crippen LogP contribution >= 0.6 is 0 Å². The molecule has 0 amide bonds. The van der Waals surface area contributed by atoms with Gasteiger partial charge in [-0.15, -0.1) is 0 Å². The number of carbonyl (C=O) groups excluding carboxylic acids is 1. The number of Topliss-reactive ketones (excluding diaryl/α,β-unsaturated/α-hetero) is 1. The number of hydrogen-bond acceptors (Lipinski definition) is 6. The molecule has 2 aromatic rings. The lowest BCUT2D eigenvalue weighted by Gasteiger charge is -2.57.